The van der Waals surface area contributed by atoms with Crippen LogP contribution in [0.3, 0.4) is 0 Å². The topological polar surface area (TPSA) is 67.4 Å². The van der Waals surface area contributed by atoms with E-state index in [1.54, 1.807) is 0 Å². The summed E-state index contributed by atoms with van der Waals surface area (Å²) < 4.78 is 32.2. The van der Waals surface area contributed by atoms with Crippen LogP contribution in [0.25, 0.3) is 0 Å². The lowest BCUT2D eigenvalue weighted by molar-refractivity contribution is 0.0304. The first-order chi connectivity index (χ1) is 10.2. The maximum absolute atomic E-state index is 12.0. The van der Waals surface area contributed by atoms with Crippen molar-refractivity contribution in [3.8, 4) is 0 Å². The third-order valence-corrected chi connectivity index (χ3v) is 5.87. The molecular formula is C15H31ClN2O3S. The maximum Gasteiger partial charge on any atom is 0.214 e. The van der Waals surface area contributed by atoms with Crippen molar-refractivity contribution in [3.05, 3.63) is 0 Å². The van der Waals surface area contributed by atoms with Crippen molar-refractivity contribution in [1.82, 2.24) is 10.0 Å². The summed E-state index contributed by atoms with van der Waals surface area (Å²) in [6.45, 7) is 1.89. The van der Waals surface area contributed by atoms with Crippen LogP contribution in [0.4, 0.5) is 0 Å². The summed E-state index contributed by atoms with van der Waals surface area (Å²) in [4.78, 5) is 0. The smallest absolute Gasteiger partial charge is 0.214 e. The van der Waals surface area contributed by atoms with E-state index in [1.165, 1.54) is 38.5 Å². The lowest BCUT2D eigenvalue weighted by Gasteiger charge is -2.22. The molecule has 132 valence electrons. The van der Waals surface area contributed by atoms with E-state index in [0.29, 0.717) is 19.2 Å². The number of hydrogen-bond donors (Lipinski definition) is 2. The predicted molar refractivity (Wildman–Crippen MR) is 92.1 cm³/mol. The third-order valence-electron chi connectivity index (χ3n) is 4.41. The fourth-order valence-corrected chi connectivity index (χ4v) is 4.49. The van der Waals surface area contributed by atoms with Gasteiger partial charge in [0, 0.05) is 25.7 Å². The second kappa shape index (κ2) is 10.8. The molecule has 0 aromatic heterocycles. The van der Waals surface area contributed by atoms with Crippen molar-refractivity contribution in [2.75, 3.05) is 25.4 Å². The highest BCUT2D eigenvalue weighted by Gasteiger charge is 2.21. The highest BCUT2D eigenvalue weighted by Crippen LogP contribution is 2.17. The van der Waals surface area contributed by atoms with Gasteiger partial charge in [0.25, 0.3) is 0 Å². The van der Waals surface area contributed by atoms with Gasteiger partial charge < -0.3 is 10.1 Å². The molecule has 2 fully saturated rings. The van der Waals surface area contributed by atoms with E-state index >= 15 is 0 Å². The van der Waals surface area contributed by atoms with Crippen LogP contribution in [-0.4, -0.2) is 46.0 Å². The van der Waals surface area contributed by atoms with E-state index in [2.05, 4.69) is 10.0 Å². The van der Waals surface area contributed by atoms with E-state index < -0.39 is 10.0 Å². The molecule has 2 rings (SSSR count). The average Bonchev–Trinajstić information content (AvgIpc) is 2.73. The zero-order chi connectivity index (χ0) is 15.0. The first kappa shape index (κ1) is 20.2. The van der Waals surface area contributed by atoms with Crippen LogP contribution >= 0.6 is 12.4 Å². The number of halogens is 1. The number of nitrogens with one attached hydrogen (secondary N) is 2. The standard InChI is InChI=1S/C15H30N2O3S.ClH/c18-21(19,13-15-9-5-6-12-20-15)17-11-10-16-14-7-3-1-2-4-8-14;/h14-17H,1-13H2;1H. The van der Waals surface area contributed by atoms with Crippen LogP contribution < -0.4 is 10.0 Å². The molecule has 0 aromatic carbocycles. The quantitative estimate of drug-likeness (QED) is 0.543. The van der Waals surface area contributed by atoms with Crippen molar-refractivity contribution < 1.29 is 13.2 Å². The SMILES string of the molecule is Cl.O=S(=O)(CC1CCCCO1)NCCNC1CCCCCC1. The molecule has 2 aliphatic rings. The largest absolute Gasteiger partial charge is 0.377 e. The Labute approximate surface area is 141 Å². The van der Waals surface area contributed by atoms with Crippen molar-refractivity contribution in [1.29, 1.82) is 0 Å². The summed E-state index contributed by atoms with van der Waals surface area (Å²) in [5.74, 6) is 0.108. The summed E-state index contributed by atoms with van der Waals surface area (Å²) in [5, 5.41) is 3.48. The minimum absolute atomic E-state index is 0. The van der Waals surface area contributed by atoms with Gasteiger partial charge in [0.1, 0.15) is 0 Å². The van der Waals surface area contributed by atoms with Crippen molar-refractivity contribution >= 4 is 22.4 Å². The van der Waals surface area contributed by atoms with Gasteiger partial charge in [-0.05, 0) is 32.1 Å². The molecule has 0 radical (unpaired) electrons. The summed E-state index contributed by atoms with van der Waals surface area (Å²) in [6.07, 6.45) is 10.6. The Morgan fingerprint density at radius 3 is 2.23 bits per heavy atom. The fraction of sp³-hybridized carbons (Fsp3) is 1.00. The number of rotatable bonds is 7. The Balaban J connectivity index is 0.00000242. The van der Waals surface area contributed by atoms with E-state index in [-0.39, 0.29) is 24.3 Å². The minimum atomic E-state index is -3.21. The summed E-state index contributed by atoms with van der Waals surface area (Å²) in [7, 11) is -3.21. The maximum atomic E-state index is 12.0. The normalized spacial score (nSPS) is 24.5. The lowest BCUT2D eigenvalue weighted by Crippen LogP contribution is -2.40. The van der Waals surface area contributed by atoms with Gasteiger partial charge in [0.2, 0.25) is 10.0 Å². The molecule has 22 heavy (non-hydrogen) atoms. The monoisotopic (exact) mass is 354 g/mol. The van der Waals surface area contributed by atoms with Gasteiger partial charge in [0.15, 0.2) is 0 Å². The van der Waals surface area contributed by atoms with E-state index in [1.807, 2.05) is 0 Å². The molecule has 1 aliphatic carbocycles. The van der Waals surface area contributed by atoms with Gasteiger partial charge in [-0.3, -0.25) is 0 Å². The van der Waals surface area contributed by atoms with Gasteiger partial charge in [-0.2, -0.15) is 0 Å². The van der Waals surface area contributed by atoms with Gasteiger partial charge in [-0.25, -0.2) is 13.1 Å². The summed E-state index contributed by atoms with van der Waals surface area (Å²) >= 11 is 0. The molecule has 0 aromatic rings. The van der Waals surface area contributed by atoms with Crippen molar-refractivity contribution in [3.63, 3.8) is 0 Å². The summed E-state index contributed by atoms with van der Waals surface area (Å²) in [5.41, 5.74) is 0. The molecule has 1 atom stereocenters. The molecule has 5 nitrogen and oxygen atoms in total. The second-order valence-electron chi connectivity index (χ2n) is 6.31. The molecule has 1 saturated carbocycles. The zero-order valence-corrected chi connectivity index (χ0v) is 15.0. The minimum Gasteiger partial charge on any atom is -0.377 e. The molecule has 0 amide bonds. The average molecular weight is 355 g/mol. The van der Waals surface area contributed by atoms with Gasteiger partial charge in [0.05, 0.1) is 11.9 Å². The Kier molecular flexibility index (Phi) is 9.91. The molecule has 7 heteroatoms. The molecule has 2 N–H and O–H groups in total. The first-order valence-corrected chi connectivity index (χ1v) is 10.1. The first-order valence-electron chi connectivity index (χ1n) is 8.48. The molecule has 0 spiro atoms. The number of hydrogen-bond acceptors (Lipinski definition) is 4. The van der Waals surface area contributed by atoms with Crippen LogP contribution in [0.15, 0.2) is 0 Å². The molecule has 1 saturated heterocycles. The molecule has 1 unspecified atom stereocenters. The van der Waals surface area contributed by atoms with Crippen LogP contribution in [-0.2, 0) is 14.8 Å². The highest BCUT2D eigenvalue weighted by atomic mass is 35.5. The highest BCUT2D eigenvalue weighted by molar-refractivity contribution is 7.89. The van der Waals surface area contributed by atoms with Gasteiger partial charge >= 0.3 is 0 Å². The lowest BCUT2D eigenvalue weighted by atomic mass is 10.1. The van der Waals surface area contributed by atoms with Crippen LogP contribution in [0, 0.1) is 0 Å². The Morgan fingerprint density at radius 2 is 1.59 bits per heavy atom. The number of sulfonamides is 1. The predicted octanol–water partition coefficient (Wildman–Crippen LogP) is 2.21. The Morgan fingerprint density at radius 1 is 0.909 bits per heavy atom. The molecular weight excluding hydrogens is 324 g/mol. The molecule has 1 heterocycles. The van der Waals surface area contributed by atoms with E-state index in [4.69, 9.17) is 4.74 Å². The summed E-state index contributed by atoms with van der Waals surface area (Å²) in [6, 6.07) is 0.568. The second-order valence-corrected chi connectivity index (χ2v) is 8.16. The van der Waals surface area contributed by atoms with E-state index in [0.717, 1.165) is 25.8 Å². The molecule has 0 bridgehead atoms. The van der Waals surface area contributed by atoms with E-state index in [9.17, 15) is 8.42 Å². The zero-order valence-electron chi connectivity index (χ0n) is 13.4. The number of ether oxygens (including phenoxy) is 1. The van der Waals surface area contributed by atoms with Crippen molar-refractivity contribution in [2.45, 2.75) is 69.9 Å². The van der Waals surface area contributed by atoms with Gasteiger partial charge in [-0.15, -0.1) is 12.4 Å². The van der Waals surface area contributed by atoms with Crippen molar-refractivity contribution in [2.24, 2.45) is 0 Å². The van der Waals surface area contributed by atoms with Gasteiger partial charge in [-0.1, -0.05) is 25.7 Å². The molecule has 1 aliphatic heterocycles. The Bertz CT molecular complexity index is 378. The van der Waals surface area contributed by atoms with Crippen LogP contribution in [0.2, 0.25) is 0 Å². The van der Waals surface area contributed by atoms with Crippen LogP contribution in [0.5, 0.6) is 0 Å². The Hall–Kier alpha value is 0.120. The third kappa shape index (κ3) is 8.11. The van der Waals surface area contributed by atoms with Crippen LogP contribution in [0.1, 0.15) is 57.8 Å². The fourth-order valence-electron chi connectivity index (χ4n) is 3.21.